The standard InChI is InChI=1S/C10H16N2O6S2/c1-4-19(15,16)8-10(14)11-6-7-12(9(3)13)20(17,18)5-2/h4-5H,1-2,6-8H2,3H3,(H,11,14). The summed E-state index contributed by atoms with van der Waals surface area (Å²) in [5, 5.41) is 3.46. The van der Waals surface area contributed by atoms with Gasteiger partial charge in [0.25, 0.3) is 10.0 Å². The summed E-state index contributed by atoms with van der Waals surface area (Å²) in [6.45, 7) is 6.65. The van der Waals surface area contributed by atoms with Gasteiger partial charge in [-0.15, -0.1) is 0 Å². The molecule has 0 aliphatic carbocycles. The van der Waals surface area contributed by atoms with Crippen LogP contribution in [0, 0.1) is 0 Å². The van der Waals surface area contributed by atoms with Gasteiger partial charge in [0, 0.05) is 24.3 Å². The third kappa shape index (κ3) is 5.97. The number of carbonyl (C=O) groups is 2. The van der Waals surface area contributed by atoms with Crippen molar-refractivity contribution in [3.8, 4) is 0 Å². The van der Waals surface area contributed by atoms with Crippen molar-refractivity contribution in [3.63, 3.8) is 0 Å². The van der Waals surface area contributed by atoms with Gasteiger partial charge in [0.05, 0.1) is 6.54 Å². The molecule has 0 spiro atoms. The van der Waals surface area contributed by atoms with E-state index in [0.717, 1.165) is 6.92 Å². The van der Waals surface area contributed by atoms with E-state index < -0.39 is 37.4 Å². The summed E-state index contributed by atoms with van der Waals surface area (Å²) in [6, 6.07) is 0. The van der Waals surface area contributed by atoms with Crippen LogP contribution in [-0.2, 0) is 29.4 Å². The Bertz CT molecular complexity index is 606. The number of rotatable bonds is 8. The average molecular weight is 324 g/mol. The minimum atomic E-state index is -3.94. The van der Waals surface area contributed by atoms with E-state index in [1.807, 2.05) is 0 Å². The number of amides is 2. The Balaban J connectivity index is 4.55. The Morgan fingerprint density at radius 2 is 1.70 bits per heavy atom. The molecular weight excluding hydrogens is 308 g/mol. The normalized spacial score (nSPS) is 11.4. The molecule has 0 unspecified atom stereocenters. The quantitative estimate of drug-likeness (QED) is 0.611. The maximum Gasteiger partial charge on any atom is 0.259 e. The SMILES string of the molecule is C=CS(=O)(=O)CC(=O)NCCN(C(C)=O)S(=O)(=O)C=C. The van der Waals surface area contributed by atoms with Crippen molar-refractivity contribution in [3.05, 3.63) is 24.0 Å². The lowest BCUT2D eigenvalue weighted by atomic mass is 10.5. The van der Waals surface area contributed by atoms with Crippen LogP contribution in [0.3, 0.4) is 0 Å². The van der Waals surface area contributed by atoms with Gasteiger partial charge in [-0.25, -0.2) is 21.1 Å². The van der Waals surface area contributed by atoms with Gasteiger partial charge in [0.1, 0.15) is 5.75 Å². The predicted molar refractivity (Wildman–Crippen MR) is 73.5 cm³/mol. The fourth-order valence-electron chi connectivity index (χ4n) is 1.14. The summed E-state index contributed by atoms with van der Waals surface area (Å²) in [5.74, 6) is -2.34. The smallest absolute Gasteiger partial charge is 0.259 e. The van der Waals surface area contributed by atoms with Gasteiger partial charge in [0.2, 0.25) is 11.8 Å². The second-order valence-electron chi connectivity index (χ2n) is 3.63. The zero-order valence-electron chi connectivity index (χ0n) is 10.9. The van der Waals surface area contributed by atoms with Crippen LogP contribution in [0.5, 0.6) is 0 Å². The van der Waals surface area contributed by atoms with Crippen molar-refractivity contribution in [2.45, 2.75) is 6.92 Å². The third-order valence-electron chi connectivity index (χ3n) is 2.09. The van der Waals surface area contributed by atoms with Crippen molar-refractivity contribution in [2.75, 3.05) is 18.8 Å². The monoisotopic (exact) mass is 324 g/mol. The lowest BCUT2D eigenvalue weighted by Crippen LogP contribution is -2.41. The molecule has 0 radical (unpaired) electrons. The molecule has 0 aromatic rings. The Morgan fingerprint density at radius 3 is 2.10 bits per heavy atom. The fourth-order valence-corrected chi connectivity index (χ4v) is 2.61. The molecule has 114 valence electrons. The second-order valence-corrected chi connectivity index (χ2v) is 7.38. The number of carbonyl (C=O) groups excluding carboxylic acids is 2. The van der Waals surface area contributed by atoms with Crippen LogP contribution in [-0.4, -0.2) is 51.8 Å². The molecule has 0 saturated heterocycles. The van der Waals surface area contributed by atoms with Gasteiger partial charge >= 0.3 is 0 Å². The van der Waals surface area contributed by atoms with Crippen LogP contribution >= 0.6 is 0 Å². The Morgan fingerprint density at radius 1 is 1.15 bits per heavy atom. The van der Waals surface area contributed by atoms with E-state index in [1.54, 1.807) is 0 Å². The largest absolute Gasteiger partial charge is 0.353 e. The molecule has 0 atom stereocenters. The van der Waals surface area contributed by atoms with Crippen LogP contribution in [0.2, 0.25) is 0 Å². The van der Waals surface area contributed by atoms with Gasteiger partial charge in [-0.3, -0.25) is 9.59 Å². The van der Waals surface area contributed by atoms with Crippen molar-refractivity contribution in [1.29, 1.82) is 0 Å². The van der Waals surface area contributed by atoms with E-state index in [4.69, 9.17) is 0 Å². The average Bonchev–Trinajstić information content (AvgIpc) is 2.33. The lowest BCUT2D eigenvalue weighted by molar-refractivity contribution is -0.125. The van der Waals surface area contributed by atoms with Crippen molar-refractivity contribution >= 4 is 31.7 Å². The Labute approximate surface area is 118 Å². The molecule has 0 rings (SSSR count). The summed E-state index contributed by atoms with van der Waals surface area (Å²) in [5.41, 5.74) is 0. The third-order valence-corrected chi connectivity index (χ3v) is 4.74. The van der Waals surface area contributed by atoms with Gasteiger partial charge in [-0.2, -0.15) is 0 Å². The molecule has 10 heteroatoms. The van der Waals surface area contributed by atoms with E-state index in [0.29, 0.717) is 15.1 Å². The van der Waals surface area contributed by atoms with E-state index in [2.05, 4.69) is 18.5 Å². The molecule has 0 aliphatic rings. The molecule has 0 aromatic carbocycles. The highest BCUT2D eigenvalue weighted by molar-refractivity contribution is 7.94. The second kappa shape index (κ2) is 7.20. The first-order valence-electron chi connectivity index (χ1n) is 5.33. The molecule has 1 N–H and O–H groups in total. The number of nitrogens with zero attached hydrogens (tertiary/aromatic N) is 1. The molecule has 0 fully saturated rings. The summed E-state index contributed by atoms with van der Waals surface area (Å²) < 4.78 is 45.6. The first-order valence-corrected chi connectivity index (χ1v) is 8.55. The zero-order chi connectivity index (χ0) is 16.0. The zero-order valence-corrected chi connectivity index (χ0v) is 12.5. The number of sulfone groups is 1. The number of hydrogen-bond donors (Lipinski definition) is 1. The molecule has 0 bridgehead atoms. The summed E-state index contributed by atoms with van der Waals surface area (Å²) in [6.07, 6.45) is 0. The first-order chi connectivity index (χ1) is 9.05. The van der Waals surface area contributed by atoms with Crippen LogP contribution in [0.4, 0.5) is 0 Å². The maximum absolute atomic E-state index is 11.5. The Kier molecular flexibility index (Phi) is 6.59. The number of nitrogens with one attached hydrogen (secondary N) is 1. The van der Waals surface area contributed by atoms with Crippen molar-refractivity contribution in [1.82, 2.24) is 9.62 Å². The molecule has 0 saturated carbocycles. The topological polar surface area (TPSA) is 118 Å². The van der Waals surface area contributed by atoms with Crippen molar-refractivity contribution in [2.24, 2.45) is 0 Å². The highest BCUT2D eigenvalue weighted by Crippen LogP contribution is 2.02. The minimum Gasteiger partial charge on any atom is -0.353 e. The van der Waals surface area contributed by atoms with Gasteiger partial charge < -0.3 is 5.32 Å². The van der Waals surface area contributed by atoms with Gasteiger partial charge in [-0.05, 0) is 0 Å². The summed E-state index contributed by atoms with van der Waals surface area (Å²) >= 11 is 0. The number of hydrogen-bond acceptors (Lipinski definition) is 6. The van der Waals surface area contributed by atoms with E-state index in [1.165, 1.54) is 0 Å². The summed E-state index contributed by atoms with van der Waals surface area (Å²) in [4.78, 5) is 22.5. The fraction of sp³-hybridized carbons (Fsp3) is 0.400. The van der Waals surface area contributed by atoms with Crippen LogP contribution in [0.25, 0.3) is 0 Å². The molecule has 8 nitrogen and oxygen atoms in total. The molecular formula is C10H16N2O6S2. The molecule has 0 aromatic heterocycles. The van der Waals surface area contributed by atoms with E-state index in [9.17, 15) is 26.4 Å². The van der Waals surface area contributed by atoms with E-state index >= 15 is 0 Å². The predicted octanol–water partition coefficient (Wildman–Crippen LogP) is -1.02. The number of sulfonamides is 1. The first kappa shape index (κ1) is 18.3. The van der Waals surface area contributed by atoms with Crippen LogP contribution < -0.4 is 5.32 Å². The van der Waals surface area contributed by atoms with Crippen LogP contribution in [0.1, 0.15) is 6.92 Å². The summed E-state index contributed by atoms with van der Waals surface area (Å²) in [7, 11) is -7.62. The van der Waals surface area contributed by atoms with E-state index in [-0.39, 0.29) is 13.1 Å². The molecule has 0 aliphatic heterocycles. The lowest BCUT2D eigenvalue weighted by Gasteiger charge is -2.18. The van der Waals surface area contributed by atoms with Crippen LogP contribution in [0.15, 0.2) is 24.0 Å². The van der Waals surface area contributed by atoms with Crippen molar-refractivity contribution < 1.29 is 26.4 Å². The maximum atomic E-state index is 11.5. The highest BCUT2D eigenvalue weighted by Gasteiger charge is 2.21. The molecule has 20 heavy (non-hydrogen) atoms. The molecule has 2 amide bonds. The van der Waals surface area contributed by atoms with Gasteiger partial charge in [-0.1, -0.05) is 13.2 Å². The Hall–Kier alpha value is -1.68. The van der Waals surface area contributed by atoms with Gasteiger partial charge in [0.15, 0.2) is 9.84 Å². The highest BCUT2D eigenvalue weighted by atomic mass is 32.2. The minimum absolute atomic E-state index is 0.210. The molecule has 0 heterocycles.